The fraction of sp³-hybridized carbons (Fsp3) is 0.429. The molecule has 0 radical (unpaired) electrons. The van der Waals surface area contributed by atoms with Crippen molar-refractivity contribution in [2.24, 2.45) is 5.92 Å². The van der Waals surface area contributed by atoms with Crippen LogP contribution in [0.5, 0.6) is 0 Å². The van der Waals surface area contributed by atoms with Crippen LogP contribution in [0.3, 0.4) is 0 Å². The second-order valence-corrected chi connectivity index (χ2v) is 9.37. The average molecular weight is 431 g/mol. The predicted molar refractivity (Wildman–Crippen MR) is 124 cm³/mol. The average Bonchev–Trinajstić information content (AvgIpc) is 2.95. The molecule has 2 aromatic rings. The molecule has 1 amide bonds. The molecule has 29 heavy (non-hydrogen) atoms. The van der Waals surface area contributed by atoms with E-state index in [9.17, 15) is 9.59 Å². The van der Waals surface area contributed by atoms with Gasteiger partial charge in [-0.15, -0.1) is 0 Å². The van der Waals surface area contributed by atoms with Gasteiger partial charge in [-0.3, -0.25) is 18.9 Å². The lowest BCUT2D eigenvalue weighted by atomic mass is 10.2. The van der Waals surface area contributed by atoms with Crippen molar-refractivity contribution in [1.82, 2.24) is 14.3 Å². The number of anilines is 1. The zero-order valence-electron chi connectivity index (χ0n) is 17.4. The van der Waals surface area contributed by atoms with Gasteiger partial charge in [-0.2, -0.15) is 0 Å². The lowest BCUT2D eigenvalue weighted by Crippen LogP contribution is -2.36. The summed E-state index contributed by atoms with van der Waals surface area (Å²) in [6.45, 7) is 10.8. The van der Waals surface area contributed by atoms with Gasteiger partial charge in [0, 0.05) is 18.8 Å². The molecule has 0 spiro atoms. The second-order valence-electron chi connectivity index (χ2n) is 7.70. The number of hydrogen-bond acceptors (Lipinski definition) is 6. The molecular formula is C21H26N4O2S2. The Balaban J connectivity index is 2.14. The van der Waals surface area contributed by atoms with Gasteiger partial charge in [-0.25, -0.2) is 4.98 Å². The fourth-order valence-electron chi connectivity index (χ4n) is 3.00. The molecule has 0 bridgehead atoms. The number of thiocarbonyl (C=S) groups is 1. The molecule has 0 aliphatic carbocycles. The van der Waals surface area contributed by atoms with Crippen molar-refractivity contribution < 1.29 is 4.79 Å². The maximum atomic E-state index is 13.3. The lowest BCUT2D eigenvalue weighted by molar-refractivity contribution is -0.123. The zero-order chi connectivity index (χ0) is 21.3. The molecule has 0 saturated carbocycles. The highest BCUT2D eigenvalue weighted by Crippen LogP contribution is 2.34. The van der Waals surface area contributed by atoms with Crippen LogP contribution in [0.4, 0.5) is 5.82 Å². The minimum Gasteiger partial charge on any atom is -0.369 e. The Kier molecular flexibility index (Phi) is 6.43. The van der Waals surface area contributed by atoms with Crippen LogP contribution in [0.25, 0.3) is 11.7 Å². The van der Waals surface area contributed by atoms with Gasteiger partial charge in [0.15, 0.2) is 0 Å². The van der Waals surface area contributed by atoms with Crippen LogP contribution in [-0.4, -0.2) is 37.1 Å². The van der Waals surface area contributed by atoms with E-state index in [0.29, 0.717) is 38.7 Å². The number of nitrogens with zero attached hydrogens (tertiary/aromatic N) is 3. The summed E-state index contributed by atoms with van der Waals surface area (Å²) < 4.78 is 2.05. The van der Waals surface area contributed by atoms with Crippen molar-refractivity contribution in [2.75, 3.05) is 11.9 Å². The van der Waals surface area contributed by atoms with Crippen molar-refractivity contribution in [3.8, 4) is 0 Å². The van der Waals surface area contributed by atoms with E-state index in [0.717, 1.165) is 12.0 Å². The number of carbonyl (C=O) groups excluding carboxylic acids is 1. The van der Waals surface area contributed by atoms with Gasteiger partial charge in [0.2, 0.25) is 0 Å². The van der Waals surface area contributed by atoms with Crippen LogP contribution in [0.15, 0.2) is 28.0 Å². The largest absolute Gasteiger partial charge is 0.369 e. The number of rotatable bonds is 6. The first kappa shape index (κ1) is 21.5. The molecule has 1 aliphatic heterocycles. The first-order chi connectivity index (χ1) is 13.7. The molecular weight excluding hydrogens is 404 g/mol. The van der Waals surface area contributed by atoms with Gasteiger partial charge in [0.25, 0.3) is 11.5 Å². The van der Waals surface area contributed by atoms with E-state index >= 15 is 0 Å². The number of pyridine rings is 1. The maximum absolute atomic E-state index is 13.3. The Morgan fingerprint density at radius 1 is 1.28 bits per heavy atom. The number of amides is 1. The summed E-state index contributed by atoms with van der Waals surface area (Å²) in [5.41, 5.74) is 1.69. The topological polar surface area (TPSA) is 66.7 Å². The van der Waals surface area contributed by atoms with Gasteiger partial charge < -0.3 is 5.32 Å². The third-order valence-corrected chi connectivity index (χ3v) is 6.14. The van der Waals surface area contributed by atoms with Gasteiger partial charge in [-0.1, -0.05) is 50.8 Å². The molecule has 1 saturated heterocycles. The summed E-state index contributed by atoms with van der Waals surface area (Å²) in [4.78, 5) is 32.9. The Labute approximate surface area is 180 Å². The number of aromatic nitrogens is 2. The van der Waals surface area contributed by atoms with Crippen LogP contribution in [0.1, 0.15) is 45.2 Å². The smallest absolute Gasteiger partial charge is 0.267 e. The van der Waals surface area contributed by atoms with Crippen LogP contribution >= 0.6 is 24.0 Å². The molecule has 3 heterocycles. The molecule has 1 atom stereocenters. The Morgan fingerprint density at radius 3 is 2.66 bits per heavy atom. The van der Waals surface area contributed by atoms with Crippen molar-refractivity contribution in [3.63, 3.8) is 0 Å². The summed E-state index contributed by atoms with van der Waals surface area (Å²) in [7, 11) is 0. The highest BCUT2D eigenvalue weighted by atomic mass is 32.2. The zero-order valence-corrected chi connectivity index (χ0v) is 19.0. The van der Waals surface area contributed by atoms with E-state index in [4.69, 9.17) is 12.2 Å². The number of thioether (sulfide) groups is 1. The Hall–Kier alpha value is -2.19. The van der Waals surface area contributed by atoms with Crippen molar-refractivity contribution in [2.45, 2.75) is 47.1 Å². The Bertz CT molecular complexity index is 1060. The quantitative estimate of drug-likeness (QED) is 0.550. The Morgan fingerprint density at radius 2 is 2.00 bits per heavy atom. The fourth-order valence-corrected chi connectivity index (χ4v) is 4.44. The number of nitrogens with one attached hydrogen (secondary N) is 1. The third-order valence-electron chi connectivity index (χ3n) is 4.81. The maximum Gasteiger partial charge on any atom is 0.267 e. The molecule has 3 rings (SSSR count). The first-order valence-corrected chi connectivity index (χ1v) is 11.0. The molecule has 1 N–H and O–H groups in total. The molecule has 6 nitrogen and oxygen atoms in total. The van der Waals surface area contributed by atoms with E-state index in [1.807, 2.05) is 32.9 Å². The summed E-state index contributed by atoms with van der Waals surface area (Å²) in [5, 5.41) is 3.27. The summed E-state index contributed by atoms with van der Waals surface area (Å²) in [6, 6.07) is 3.76. The van der Waals surface area contributed by atoms with Crippen LogP contribution in [0.2, 0.25) is 0 Å². The van der Waals surface area contributed by atoms with E-state index in [1.54, 1.807) is 17.2 Å². The normalized spacial score (nSPS) is 17.0. The minimum absolute atomic E-state index is 0.0189. The van der Waals surface area contributed by atoms with Gasteiger partial charge in [0.1, 0.15) is 15.8 Å². The standard InChI is InChI=1S/C21H26N4O2S2/c1-6-14(5)25-20(27)16(29-21(25)28)9-15-18(22-10-12(2)3)23-17-8-7-13(4)11-24(17)19(15)26/h7-9,11-12,14,22H,6,10H2,1-5H3/b16-9-/t14-/m1/s1. The lowest BCUT2D eigenvalue weighted by Gasteiger charge is -2.21. The SMILES string of the molecule is CC[C@@H](C)N1C(=O)/C(=C/c2c(NCC(C)C)nc3ccc(C)cn3c2=O)SC1=S. The summed E-state index contributed by atoms with van der Waals surface area (Å²) >= 11 is 6.65. The second kappa shape index (κ2) is 8.67. The number of fused-ring (bicyclic) bond motifs is 1. The van der Waals surface area contributed by atoms with E-state index < -0.39 is 0 Å². The molecule has 2 aromatic heterocycles. The summed E-state index contributed by atoms with van der Waals surface area (Å²) in [6.07, 6.45) is 4.20. The molecule has 8 heteroatoms. The van der Waals surface area contributed by atoms with Crippen LogP contribution < -0.4 is 10.9 Å². The number of aryl methyl sites for hydroxylation is 1. The number of hydrogen-bond donors (Lipinski definition) is 1. The third kappa shape index (κ3) is 4.38. The van der Waals surface area contributed by atoms with E-state index in [2.05, 4.69) is 24.1 Å². The molecule has 154 valence electrons. The minimum atomic E-state index is -0.209. The first-order valence-electron chi connectivity index (χ1n) is 9.76. The summed E-state index contributed by atoms with van der Waals surface area (Å²) in [5.74, 6) is 0.712. The molecule has 0 aromatic carbocycles. The highest BCUT2D eigenvalue weighted by Gasteiger charge is 2.35. The van der Waals surface area contributed by atoms with Gasteiger partial charge >= 0.3 is 0 Å². The van der Waals surface area contributed by atoms with Crippen molar-refractivity contribution >= 4 is 51.7 Å². The number of carbonyl (C=O) groups is 1. The van der Waals surface area contributed by atoms with Crippen molar-refractivity contribution in [3.05, 3.63) is 44.7 Å². The van der Waals surface area contributed by atoms with Crippen molar-refractivity contribution in [1.29, 1.82) is 0 Å². The van der Waals surface area contributed by atoms with Crippen LogP contribution in [0, 0.1) is 12.8 Å². The van der Waals surface area contributed by atoms with E-state index in [1.165, 1.54) is 16.2 Å². The van der Waals surface area contributed by atoms with Gasteiger partial charge in [-0.05, 0) is 43.9 Å². The molecule has 1 fully saturated rings. The molecule has 0 unspecified atom stereocenters. The molecule has 1 aliphatic rings. The van der Waals surface area contributed by atoms with Gasteiger partial charge in [0.05, 0.1) is 10.5 Å². The predicted octanol–water partition coefficient (Wildman–Crippen LogP) is 4.07. The highest BCUT2D eigenvalue weighted by molar-refractivity contribution is 8.26. The monoisotopic (exact) mass is 430 g/mol. The van der Waals surface area contributed by atoms with E-state index in [-0.39, 0.29) is 17.5 Å². The van der Waals surface area contributed by atoms with Crippen LogP contribution in [-0.2, 0) is 4.79 Å².